The average molecular weight is 333 g/mol. The monoisotopic (exact) mass is 333 g/mol. The number of pyridine rings is 1. The number of amides is 1. The van der Waals surface area contributed by atoms with Crippen molar-refractivity contribution in [3.8, 4) is 0 Å². The van der Waals surface area contributed by atoms with Gasteiger partial charge in [-0.05, 0) is 49.4 Å². The molecule has 1 aromatic carbocycles. The SMILES string of the molecule is CCCN(C(=O)c1nc2ccccn2c1C)C1Cc2ccccc2C1. The van der Waals surface area contributed by atoms with Crippen molar-refractivity contribution < 1.29 is 4.79 Å². The van der Waals surface area contributed by atoms with E-state index in [1.807, 2.05) is 40.6 Å². The fraction of sp³-hybridized carbons (Fsp3) is 0.333. The Morgan fingerprint density at radius 1 is 1.16 bits per heavy atom. The highest BCUT2D eigenvalue weighted by molar-refractivity contribution is 5.94. The van der Waals surface area contributed by atoms with Crippen molar-refractivity contribution in [3.63, 3.8) is 0 Å². The number of imidazole rings is 1. The van der Waals surface area contributed by atoms with E-state index >= 15 is 0 Å². The van der Waals surface area contributed by atoms with Gasteiger partial charge in [-0.1, -0.05) is 37.3 Å². The van der Waals surface area contributed by atoms with Crippen molar-refractivity contribution in [1.82, 2.24) is 14.3 Å². The Hall–Kier alpha value is -2.62. The first-order valence-corrected chi connectivity index (χ1v) is 9.00. The van der Waals surface area contributed by atoms with Crippen molar-refractivity contribution in [3.05, 3.63) is 71.2 Å². The summed E-state index contributed by atoms with van der Waals surface area (Å²) in [4.78, 5) is 20.0. The summed E-state index contributed by atoms with van der Waals surface area (Å²) in [7, 11) is 0. The highest BCUT2D eigenvalue weighted by Crippen LogP contribution is 2.27. The van der Waals surface area contributed by atoms with E-state index in [4.69, 9.17) is 0 Å². The highest BCUT2D eigenvalue weighted by atomic mass is 16.2. The van der Waals surface area contributed by atoms with Crippen LogP contribution in [0.2, 0.25) is 0 Å². The van der Waals surface area contributed by atoms with E-state index in [9.17, 15) is 4.79 Å². The van der Waals surface area contributed by atoms with Crippen LogP contribution < -0.4 is 0 Å². The number of rotatable bonds is 4. The quantitative estimate of drug-likeness (QED) is 0.731. The number of benzene rings is 1. The van der Waals surface area contributed by atoms with Crippen molar-refractivity contribution in [2.24, 2.45) is 0 Å². The van der Waals surface area contributed by atoms with Gasteiger partial charge in [-0.15, -0.1) is 0 Å². The second-order valence-corrected chi connectivity index (χ2v) is 6.80. The second-order valence-electron chi connectivity index (χ2n) is 6.80. The lowest BCUT2D eigenvalue weighted by atomic mass is 10.1. The largest absolute Gasteiger partial charge is 0.334 e. The van der Waals surface area contributed by atoms with E-state index in [1.54, 1.807) is 0 Å². The van der Waals surface area contributed by atoms with Gasteiger partial charge in [-0.2, -0.15) is 0 Å². The van der Waals surface area contributed by atoms with Gasteiger partial charge < -0.3 is 9.30 Å². The summed E-state index contributed by atoms with van der Waals surface area (Å²) < 4.78 is 1.99. The first-order valence-electron chi connectivity index (χ1n) is 9.00. The Labute approximate surface area is 148 Å². The van der Waals surface area contributed by atoms with Crippen LogP contribution in [-0.4, -0.2) is 32.8 Å². The zero-order chi connectivity index (χ0) is 17.4. The van der Waals surface area contributed by atoms with Crippen LogP contribution in [0.25, 0.3) is 5.65 Å². The first kappa shape index (κ1) is 15.9. The van der Waals surface area contributed by atoms with Crippen LogP contribution in [0.3, 0.4) is 0 Å². The number of nitrogens with zero attached hydrogens (tertiary/aromatic N) is 3. The molecule has 0 aliphatic heterocycles. The van der Waals surface area contributed by atoms with Crippen LogP contribution in [0.1, 0.15) is 40.7 Å². The van der Waals surface area contributed by atoms with Crippen molar-refractivity contribution in [2.45, 2.75) is 39.2 Å². The lowest BCUT2D eigenvalue weighted by Crippen LogP contribution is -2.42. The molecule has 1 aliphatic carbocycles. The van der Waals surface area contributed by atoms with Gasteiger partial charge in [-0.3, -0.25) is 4.79 Å². The van der Waals surface area contributed by atoms with Crippen LogP contribution in [-0.2, 0) is 12.8 Å². The van der Waals surface area contributed by atoms with E-state index in [-0.39, 0.29) is 11.9 Å². The molecule has 4 nitrogen and oxygen atoms in total. The van der Waals surface area contributed by atoms with E-state index in [2.05, 4.69) is 36.2 Å². The second kappa shape index (κ2) is 6.36. The summed E-state index contributed by atoms with van der Waals surface area (Å²) in [5, 5.41) is 0. The molecule has 128 valence electrons. The van der Waals surface area contributed by atoms with E-state index in [1.165, 1.54) is 11.1 Å². The zero-order valence-corrected chi connectivity index (χ0v) is 14.8. The van der Waals surface area contributed by atoms with Crippen LogP contribution in [0.4, 0.5) is 0 Å². The minimum atomic E-state index is 0.0563. The topological polar surface area (TPSA) is 37.6 Å². The molecular weight excluding hydrogens is 310 g/mol. The van der Waals surface area contributed by atoms with Gasteiger partial charge in [0.2, 0.25) is 0 Å². The van der Waals surface area contributed by atoms with Gasteiger partial charge in [0, 0.05) is 18.8 Å². The molecular formula is C21H23N3O. The maximum absolute atomic E-state index is 13.3. The van der Waals surface area contributed by atoms with Crippen LogP contribution in [0, 0.1) is 6.92 Å². The van der Waals surface area contributed by atoms with Gasteiger partial charge in [0.15, 0.2) is 0 Å². The fourth-order valence-corrected chi connectivity index (χ4v) is 3.90. The Morgan fingerprint density at radius 2 is 1.84 bits per heavy atom. The number of hydrogen-bond donors (Lipinski definition) is 0. The third-order valence-corrected chi connectivity index (χ3v) is 5.17. The Kier molecular flexibility index (Phi) is 4.04. The molecule has 2 heterocycles. The smallest absolute Gasteiger partial charge is 0.274 e. The molecule has 1 amide bonds. The van der Waals surface area contributed by atoms with Gasteiger partial charge in [0.05, 0.1) is 5.69 Å². The summed E-state index contributed by atoms with van der Waals surface area (Å²) >= 11 is 0. The molecule has 0 saturated carbocycles. The highest BCUT2D eigenvalue weighted by Gasteiger charge is 2.31. The molecule has 0 unspecified atom stereocenters. The minimum Gasteiger partial charge on any atom is -0.334 e. The summed E-state index contributed by atoms with van der Waals surface area (Å²) in [5.41, 5.74) is 5.06. The number of fused-ring (bicyclic) bond motifs is 2. The predicted molar refractivity (Wildman–Crippen MR) is 98.9 cm³/mol. The number of carbonyl (C=O) groups is 1. The summed E-state index contributed by atoms with van der Waals surface area (Å²) in [6, 6.07) is 14.6. The number of carbonyl (C=O) groups excluding carboxylic acids is 1. The Bertz CT molecular complexity index is 903. The van der Waals surface area contributed by atoms with Crippen molar-refractivity contribution in [2.75, 3.05) is 6.54 Å². The van der Waals surface area contributed by atoms with Crippen molar-refractivity contribution in [1.29, 1.82) is 0 Å². The van der Waals surface area contributed by atoms with Gasteiger partial charge in [0.1, 0.15) is 11.3 Å². The van der Waals surface area contributed by atoms with Gasteiger partial charge in [-0.25, -0.2) is 4.98 Å². The van der Waals surface area contributed by atoms with Crippen molar-refractivity contribution >= 4 is 11.6 Å². The normalized spacial score (nSPS) is 14.0. The molecule has 0 N–H and O–H groups in total. The lowest BCUT2D eigenvalue weighted by Gasteiger charge is -2.28. The van der Waals surface area contributed by atoms with Gasteiger partial charge >= 0.3 is 0 Å². The molecule has 4 rings (SSSR count). The molecule has 3 aromatic rings. The first-order chi connectivity index (χ1) is 12.2. The van der Waals surface area contributed by atoms with E-state index in [0.29, 0.717) is 5.69 Å². The zero-order valence-electron chi connectivity index (χ0n) is 14.8. The third-order valence-electron chi connectivity index (χ3n) is 5.17. The Morgan fingerprint density at radius 3 is 2.48 bits per heavy atom. The van der Waals surface area contributed by atoms with E-state index < -0.39 is 0 Å². The molecule has 1 aliphatic rings. The summed E-state index contributed by atoms with van der Waals surface area (Å²) in [5.74, 6) is 0.0563. The number of aryl methyl sites for hydroxylation is 1. The van der Waals surface area contributed by atoms with Gasteiger partial charge in [0.25, 0.3) is 5.91 Å². The molecule has 0 saturated heterocycles. The molecule has 2 aromatic heterocycles. The summed E-state index contributed by atoms with van der Waals surface area (Å²) in [6.07, 6.45) is 4.79. The maximum Gasteiger partial charge on any atom is 0.274 e. The molecule has 0 atom stereocenters. The average Bonchev–Trinajstić information content (AvgIpc) is 3.21. The number of hydrogen-bond acceptors (Lipinski definition) is 2. The Balaban J connectivity index is 1.67. The summed E-state index contributed by atoms with van der Waals surface area (Å²) in [6.45, 7) is 4.87. The van der Waals surface area contributed by atoms with Crippen LogP contribution in [0.15, 0.2) is 48.7 Å². The molecule has 25 heavy (non-hydrogen) atoms. The minimum absolute atomic E-state index is 0.0563. The molecule has 0 fully saturated rings. The predicted octanol–water partition coefficient (Wildman–Crippen LogP) is 3.66. The van der Waals surface area contributed by atoms with E-state index in [0.717, 1.165) is 37.1 Å². The fourth-order valence-electron chi connectivity index (χ4n) is 3.90. The standard InChI is InChI=1S/C21H23N3O/c1-3-11-24(18-13-16-8-4-5-9-17(16)14-18)21(25)20-15(2)23-12-7-6-10-19(23)22-20/h4-10,12,18H,3,11,13-14H2,1-2H3. The van der Waals surface area contributed by atoms with Crippen LogP contribution in [0.5, 0.6) is 0 Å². The molecule has 0 spiro atoms. The third kappa shape index (κ3) is 2.72. The lowest BCUT2D eigenvalue weighted by molar-refractivity contribution is 0.0678. The number of aromatic nitrogens is 2. The molecule has 0 bridgehead atoms. The van der Waals surface area contributed by atoms with Crippen LogP contribution >= 0.6 is 0 Å². The molecule has 4 heteroatoms. The maximum atomic E-state index is 13.3. The molecule has 0 radical (unpaired) electrons.